The SMILES string of the molecule is COc1cc(C=NN2C(=O)[C@@H]3[C@H](C2=O)[C@H]2C=C[C@H]3C2)cc(I)c1Oc1ccc([N+](=O)[O-])cn1. The number of aromatic nitrogens is 1. The first-order valence-corrected chi connectivity index (χ1v) is 11.2. The summed E-state index contributed by atoms with van der Waals surface area (Å²) in [5.41, 5.74) is 0.466. The molecule has 11 heteroatoms. The number of ether oxygens (including phenoxy) is 2. The highest BCUT2D eigenvalue weighted by Crippen LogP contribution is 2.52. The van der Waals surface area contributed by atoms with Crippen molar-refractivity contribution in [2.24, 2.45) is 28.8 Å². The van der Waals surface area contributed by atoms with Crippen LogP contribution in [0.1, 0.15) is 12.0 Å². The fraction of sp³-hybridized carbons (Fsp3) is 0.273. The Labute approximate surface area is 201 Å². The van der Waals surface area contributed by atoms with Crippen LogP contribution < -0.4 is 9.47 Å². The van der Waals surface area contributed by atoms with E-state index in [1.807, 2.05) is 12.2 Å². The van der Waals surface area contributed by atoms with Crippen molar-refractivity contribution in [2.75, 3.05) is 7.11 Å². The van der Waals surface area contributed by atoms with Gasteiger partial charge in [-0.05, 0) is 58.5 Å². The van der Waals surface area contributed by atoms with E-state index in [-0.39, 0.29) is 47.1 Å². The number of hydrazone groups is 1. The molecule has 2 aliphatic carbocycles. The minimum Gasteiger partial charge on any atom is -0.493 e. The van der Waals surface area contributed by atoms with Crippen molar-refractivity contribution < 1.29 is 24.0 Å². The first-order valence-electron chi connectivity index (χ1n) is 10.1. The van der Waals surface area contributed by atoms with Crippen LogP contribution in [-0.2, 0) is 9.59 Å². The molecule has 0 radical (unpaired) electrons. The van der Waals surface area contributed by atoms with Crippen LogP contribution >= 0.6 is 22.6 Å². The number of allylic oxidation sites excluding steroid dienone is 2. The smallest absolute Gasteiger partial charge is 0.287 e. The normalized spacial score (nSPS) is 25.2. The summed E-state index contributed by atoms with van der Waals surface area (Å²) < 4.78 is 11.9. The van der Waals surface area contributed by atoms with E-state index in [0.717, 1.165) is 17.6 Å². The molecule has 2 heterocycles. The second kappa shape index (κ2) is 8.21. The maximum Gasteiger partial charge on any atom is 0.287 e. The van der Waals surface area contributed by atoms with Crippen molar-refractivity contribution in [1.82, 2.24) is 9.99 Å². The lowest BCUT2D eigenvalue weighted by atomic mass is 9.85. The molecule has 0 spiro atoms. The van der Waals surface area contributed by atoms with Gasteiger partial charge in [0, 0.05) is 12.1 Å². The van der Waals surface area contributed by atoms with Crippen LogP contribution in [0, 0.1) is 37.4 Å². The third-order valence-corrected chi connectivity index (χ3v) is 6.96. The molecule has 1 aromatic heterocycles. The van der Waals surface area contributed by atoms with E-state index in [9.17, 15) is 19.7 Å². The van der Waals surface area contributed by atoms with Crippen LogP contribution in [0.3, 0.4) is 0 Å². The van der Waals surface area contributed by atoms with Crippen molar-refractivity contribution >= 4 is 46.3 Å². The van der Waals surface area contributed by atoms with Gasteiger partial charge in [0.25, 0.3) is 17.5 Å². The van der Waals surface area contributed by atoms with Crippen molar-refractivity contribution in [2.45, 2.75) is 6.42 Å². The van der Waals surface area contributed by atoms with Gasteiger partial charge in [-0.15, -0.1) is 0 Å². The Morgan fingerprint density at radius 2 is 1.91 bits per heavy atom. The maximum absolute atomic E-state index is 12.8. The second-order valence-electron chi connectivity index (χ2n) is 7.98. The van der Waals surface area contributed by atoms with Crippen molar-refractivity contribution in [3.8, 4) is 17.4 Å². The molecule has 2 bridgehead atoms. The molecule has 168 valence electrons. The predicted molar refractivity (Wildman–Crippen MR) is 124 cm³/mol. The van der Waals surface area contributed by atoms with Crippen molar-refractivity contribution in [3.05, 3.63) is 61.9 Å². The first kappa shape index (κ1) is 21.5. The zero-order valence-corrected chi connectivity index (χ0v) is 19.4. The largest absolute Gasteiger partial charge is 0.493 e. The Kier molecular flexibility index (Phi) is 5.35. The molecular formula is C22H17IN4O6. The number of fused-ring (bicyclic) bond motifs is 5. The lowest BCUT2D eigenvalue weighted by molar-refractivity contribution is -0.385. The molecule has 2 fully saturated rings. The molecule has 0 unspecified atom stereocenters. The third kappa shape index (κ3) is 3.65. The molecule has 5 rings (SSSR count). The molecule has 1 aliphatic heterocycles. The number of hydrogen-bond donors (Lipinski definition) is 0. The number of hydrogen-bond acceptors (Lipinski definition) is 8. The molecule has 1 saturated heterocycles. The summed E-state index contributed by atoms with van der Waals surface area (Å²) in [6.07, 6.45) is 7.50. The lowest BCUT2D eigenvalue weighted by Gasteiger charge is -2.13. The topological polar surface area (TPSA) is 124 Å². The molecule has 0 N–H and O–H groups in total. The summed E-state index contributed by atoms with van der Waals surface area (Å²) in [4.78, 5) is 39.8. The maximum atomic E-state index is 12.8. The number of benzene rings is 1. The third-order valence-electron chi connectivity index (χ3n) is 6.16. The zero-order chi connectivity index (χ0) is 23.3. The Bertz CT molecular complexity index is 1200. The minimum atomic E-state index is -0.542. The Hall–Kier alpha value is -3.35. The van der Waals surface area contributed by atoms with Crippen LogP contribution in [0.5, 0.6) is 17.4 Å². The molecule has 1 saturated carbocycles. The van der Waals surface area contributed by atoms with Crippen LogP contribution in [0.2, 0.25) is 0 Å². The van der Waals surface area contributed by atoms with E-state index in [2.05, 4.69) is 32.7 Å². The molecule has 10 nitrogen and oxygen atoms in total. The highest BCUT2D eigenvalue weighted by atomic mass is 127. The number of imide groups is 1. The second-order valence-corrected chi connectivity index (χ2v) is 9.14. The number of pyridine rings is 1. The highest BCUT2D eigenvalue weighted by Gasteiger charge is 2.59. The van der Waals surface area contributed by atoms with E-state index in [4.69, 9.17) is 9.47 Å². The summed E-state index contributed by atoms with van der Waals surface area (Å²) in [5, 5.41) is 16.0. The van der Waals surface area contributed by atoms with Gasteiger partial charge in [-0.25, -0.2) is 4.98 Å². The number of rotatable bonds is 6. The zero-order valence-electron chi connectivity index (χ0n) is 17.3. The molecule has 4 atom stereocenters. The van der Waals surface area contributed by atoms with Gasteiger partial charge in [-0.2, -0.15) is 10.1 Å². The number of nitro groups is 1. The van der Waals surface area contributed by atoms with Crippen LogP contribution in [0.4, 0.5) is 5.69 Å². The van der Waals surface area contributed by atoms with Gasteiger partial charge in [-0.3, -0.25) is 19.7 Å². The fourth-order valence-corrected chi connectivity index (χ4v) is 5.42. The van der Waals surface area contributed by atoms with Gasteiger partial charge >= 0.3 is 0 Å². The molecule has 1 aromatic carbocycles. The van der Waals surface area contributed by atoms with Gasteiger partial charge in [0.15, 0.2) is 11.5 Å². The first-order chi connectivity index (χ1) is 15.9. The monoisotopic (exact) mass is 560 g/mol. The van der Waals surface area contributed by atoms with E-state index in [1.165, 1.54) is 25.5 Å². The number of methoxy groups -OCH3 is 1. The molecule has 2 amide bonds. The van der Waals surface area contributed by atoms with Gasteiger partial charge in [0.2, 0.25) is 5.88 Å². The molecule has 2 aromatic rings. The Morgan fingerprint density at radius 3 is 2.48 bits per heavy atom. The standard InChI is InChI=1S/C22H17IN4O6/c1-32-16-7-11(6-15(23)20(16)33-17-5-4-14(10-24-17)27(30)31)9-25-26-21(28)18-12-2-3-13(8-12)19(18)22(26)29/h2-7,9-10,12-13,18-19H,8H2,1H3/t12-,13-,18-,19+/m0/s1. The fourth-order valence-electron chi connectivity index (χ4n) is 4.68. The van der Waals surface area contributed by atoms with E-state index in [0.29, 0.717) is 20.6 Å². The van der Waals surface area contributed by atoms with Gasteiger partial charge in [0.05, 0.1) is 33.7 Å². The summed E-state index contributed by atoms with van der Waals surface area (Å²) in [6, 6.07) is 6.10. The summed E-state index contributed by atoms with van der Waals surface area (Å²) >= 11 is 2.05. The average Bonchev–Trinajstić information content (AvgIpc) is 3.48. The van der Waals surface area contributed by atoms with Crippen LogP contribution in [0.15, 0.2) is 47.7 Å². The molecule has 33 heavy (non-hydrogen) atoms. The Balaban J connectivity index is 1.36. The predicted octanol–water partition coefficient (Wildman–Crippen LogP) is 3.54. The number of nitrogens with zero attached hydrogens (tertiary/aromatic N) is 4. The summed E-state index contributed by atoms with van der Waals surface area (Å²) in [7, 11) is 1.47. The van der Waals surface area contributed by atoms with Crippen LogP contribution in [-0.4, -0.2) is 40.1 Å². The van der Waals surface area contributed by atoms with Gasteiger partial charge in [-0.1, -0.05) is 12.2 Å². The number of halogens is 1. The van der Waals surface area contributed by atoms with E-state index in [1.54, 1.807) is 12.1 Å². The number of amides is 2. The summed E-state index contributed by atoms with van der Waals surface area (Å²) in [5.74, 6) is 0.0795. The van der Waals surface area contributed by atoms with Gasteiger partial charge in [0.1, 0.15) is 6.20 Å². The molecule has 3 aliphatic rings. The lowest BCUT2D eigenvalue weighted by Crippen LogP contribution is -2.28. The Morgan fingerprint density at radius 1 is 1.21 bits per heavy atom. The number of carbonyl (C=O) groups excluding carboxylic acids is 2. The van der Waals surface area contributed by atoms with E-state index < -0.39 is 4.92 Å². The summed E-state index contributed by atoms with van der Waals surface area (Å²) in [6.45, 7) is 0. The highest BCUT2D eigenvalue weighted by molar-refractivity contribution is 14.1. The quantitative estimate of drug-likeness (QED) is 0.132. The average molecular weight is 560 g/mol. The van der Waals surface area contributed by atoms with Crippen LogP contribution in [0.25, 0.3) is 0 Å². The van der Waals surface area contributed by atoms with Crippen molar-refractivity contribution in [3.63, 3.8) is 0 Å². The molecular weight excluding hydrogens is 543 g/mol. The number of carbonyl (C=O) groups is 2. The van der Waals surface area contributed by atoms with Gasteiger partial charge < -0.3 is 9.47 Å². The van der Waals surface area contributed by atoms with Crippen molar-refractivity contribution in [1.29, 1.82) is 0 Å². The minimum absolute atomic E-state index is 0.127. The van der Waals surface area contributed by atoms with E-state index >= 15 is 0 Å².